The van der Waals surface area contributed by atoms with Gasteiger partial charge in [0.25, 0.3) is 5.91 Å². The molecule has 0 aliphatic rings. The second kappa shape index (κ2) is 5.65. The van der Waals surface area contributed by atoms with Crippen LogP contribution in [0.25, 0.3) is 0 Å². The third-order valence-electron chi connectivity index (χ3n) is 2.74. The lowest BCUT2D eigenvalue weighted by Gasteiger charge is -2.10. The van der Waals surface area contributed by atoms with E-state index in [4.69, 9.17) is 4.42 Å². The zero-order valence-electron chi connectivity index (χ0n) is 11.8. The van der Waals surface area contributed by atoms with Gasteiger partial charge in [0.2, 0.25) is 15.7 Å². The number of aromatic nitrogens is 2. The maximum atomic E-state index is 12.1. The number of amides is 1. The number of carbonyl (C=O) groups is 1. The van der Waals surface area contributed by atoms with Crippen molar-refractivity contribution in [1.82, 2.24) is 15.5 Å². The van der Waals surface area contributed by atoms with Crippen molar-refractivity contribution in [2.45, 2.75) is 25.1 Å². The Labute approximate surface area is 122 Å². The summed E-state index contributed by atoms with van der Waals surface area (Å²) >= 11 is 0. The van der Waals surface area contributed by atoms with Crippen LogP contribution in [-0.4, -0.2) is 30.8 Å². The van der Waals surface area contributed by atoms with Gasteiger partial charge >= 0.3 is 5.22 Å². The summed E-state index contributed by atoms with van der Waals surface area (Å²) in [7, 11) is -3.55. The monoisotopic (exact) mass is 309 g/mol. The molecule has 0 unspecified atom stereocenters. The standard InChI is InChI=1S/C13H15N3O4S/c1-8-5-4-6-10(7-8)11(17)14-9(2)12-15-16-13(20-12)21(3,18)19/h4-7,9H,1-3H3,(H,14,17)/t9-/m0/s1. The summed E-state index contributed by atoms with van der Waals surface area (Å²) in [5.74, 6) is -0.262. The second-order valence-electron chi connectivity index (χ2n) is 4.74. The Morgan fingerprint density at radius 2 is 2.05 bits per heavy atom. The van der Waals surface area contributed by atoms with Crippen molar-refractivity contribution in [3.63, 3.8) is 0 Å². The van der Waals surface area contributed by atoms with Crippen molar-refractivity contribution in [3.8, 4) is 0 Å². The van der Waals surface area contributed by atoms with Crippen LogP contribution in [0.5, 0.6) is 0 Å². The minimum Gasteiger partial charge on any atom is -0.410 e. The third-order valence-corrected chi connectivity index (χ3v) is 3.54. The molecular weight excluding hydrogens is 294 g/mol. The molecule has 0 saturated carbocycles. The van der Waals surface area contributed by atoms with Crippen LogP contribution in [0, 0.1) is 6.92 Å². The Morgan fingerprint density at radius 1 is 1.33 bits per heavy atom. The largest absolute Gasteiger partial charge is 0.410 e. The van der Waals surface area contributed by atoms with Crippen LogP contribution in [0.3, 0.4) is 0 Å². The Bertz CT molecular complexity index is 767. The minimum absolute atomic E-state index is 0.0384. The lowest BCUT2D eigenvalue weighted by atomic mass is 10.1. The highest BCUT2D eigenvalue weighted by Crippen LogP contribution is 2.15. The molecule has 1 amide bonds. The van der Waals surface area contributed by atoms with Gasteiger partial charge in [-0.2, -0.15) is 0 Å². The van der Waals surface area contributed by atoms with Gasteiger partial charge in [-0.05, 0) is 26.0 Å². The molecule has 0 aliphatic carbocycles. The molecule has 1 N–H and O–H groups in total. The highest BCUT2D eigenvalue weighted by molar-refractivity contribution is 7.90. The normalized spacial score (nSPS) is 12.9. The number of nitrogens with zero attached hydrogens (tertiary/aromatic N) is 2. The lowest BCUT2D eigenvalue weighted by molar-refractivity contribution is 0.0933. The molecular formula is C13H15N3O4S. The van der Waals surface area contributed by atoms with Crippen molar-refractivity contribution >= 4 is 15.7 Å². The number of sulfone groups is 1. The van der Waals surface area contributed by atoms with E-state index in [9.17, 15) is 13.2 Å². The predicted molar refractivity (Wildman–Crippen MR) is 74.5 cm³/mol. The highest BCUT2D eigenvalue weighted by Gasteiger charge is 2.21. The number of nitrogens with one attached hydrogen (secondary N) is 1. The average Bonchev–Trinajstić information content (AvgIpc) is 2.88. The van der Waals surface area contributed by atoms with E-state index in [1.807, 2.05) is 13.0 Å². The van der Waals surface area contributed by atoms with Crippen molar-refractivity contribution in [3.05, 3.63) is 41.3 Å². The Kier molecular flexibility index (Phi) is 4.08. The van der Waals surface area contributed by atoms with Gasteiger partial charge in [-0.25, -0.2) is 8.42 Å². The maximum Gasteiger partial charge on any atom is 0.335 e. The Balaban J connectivity index is 2.13. The topological polar surface area (TPSA) is 102 Å². The van der Waals surface area contributed by atoms with Gasteiger partial charge in [-0.1, -0.05) is 22.8 Å². The van der Waals surface area contributed by atoms with Crippen LogP contribution in [0.15, 0.2) is 33.9 Å². The highest BCUT2D eigenvalue weighted by atomic mass is 32.2. The fourth-order valence-corrected chi connectivity index (χ4v) is 2.10. The van der Waals surface area contributed by atoms with Gasteiger partial charge in [0.1, 0.15) is 6.04 Å². The third kappa shape index (κ3) is 3.66. The SMILES string of the molecule is Cc1cccc(C(=O)N[C@@H](C)c2nnc(S(C)(=O)=O)o2)c1. The molecule has 112 valence electrons. The van der Waals surface area contributed by atoms with Gasteiger partial charge in [0.05, 0.1) is 0 Å². The summed E-state index contributed by atoms with van der Waals surface area (Å²) in [6.07, 6.45) is 0.973. The van der Waals surface area contributed by atoms with Crippen molar-refractivity contribution in [1.29, 1.82) is 0 Å². The van der Waals surface area contributed by atoms with E-state index in [2.05, 4.69) is 15.5 Å². The molecule has 7 nitrogen and oxygen atoms in total. The molecule has 0 saturated heterocycles. The molecule has 1 atom stereocenters. The smallest absolute Gasteiger partial charge is 0.335 e. The van der Waals surface area contributed by atoms with Crippen LogP contribution < -0.4 is 5.32 Å². The summed E-state index contributed by atoms with van der Waals surface area (Å²) < 4.78 is 27.6. The van der Waals surface area contributed by atoms with E-state index in [-0.39, 0.29) is 11.8 Å². The van der Waals surface area contributed by atoms with Gasteiger partial charge in [-0.15, -0.1) is 5.10 Å². The number of carbonyl (C=O) groups excluding carboxylic acids is 1. The van der Waals surface area contributed by atoms with E-state index in [0.29, 0.717) is 5.56 Å². The summed E-state index contributed by atoms with van der Waals surface area (Å²) in [6.45, 7) is 3.52. The zero-order chi connectivity index (χ0) is 15.6. The first kappa shape index (κ1) is 15.2. The summed E-state index contributed by atoms with van der Waals surface area (Å²) in [4.78, 5) is 12.1. The molecule has 0 bridgehead atoms. The molecule has 1 heterocycles. The fourth-order valence-electron chi connectivity index (χ4n) is 1.67. The van der Waals surface area contributed by atoms with Crippen LogP contribution in [-0.2, 0) is 9.84 Å². The molecule has 0 aliphatic heterocycles. The summed E-state index contributed by atoms with van der Waals surface area (Å²) in [5, 5.41) is 9.29. The van der Waals surface area contributed by atoms with Gasteiger partial charge in [0, 0.05) is 11.8 Å². The van der Waals surface area contributed by atoms with Crippen molar-refractivity contribution in [2.75, 3.05) is 6.26 Å². The summed E-state index contributed by atoms with van der Waals surface area (Å²) in [5.41, 5.74) is 1.47. The first-order chi connectivity index (χ1) is 9.77. The van der Waals surface area contributed by atoms with Crippen molar-refractivity contribution < 1.29 is 17.6 Å². The number of hydrogen-bond donors (Lipinski definition) is 1. The minimum atomic E-state index is -3.55. The number of hydrogen-bond acceptors (Lipinski definition) is 6. The van der Waals surface area contributed by atoms with E-state index < -0.39 is 21.1 Å². The first-order valence-electron chi connectivity index (χ1n) is 6.18. The van der Waals surface area contributed by atoms with Crippen molar-refractivity contribution in [2.24, 2.45) is 0 Å². The maximum absolute atomic E-state index is 12.1. The first-order valence-corrected chi connectivity index (χ1v) is 8.07. The number of aryl methyl sites for hydroxylation is 1. The molecule has 2 aromatic rings. The predicted octanol–water partition coefficient (Wildman–Crippen LogP) is 1.27. The van der Waals surface area contributed by atoms with E-state index >= 15 is 0 Å². The quantitative estimate of drug-likeness (QED) is 0.912. The Hall–Kier alpha value is -2.22. The Morgan fingerprint density at radius 3 is 2.62 bits per heavy atom. The average molecular weight is 309 g/mol. The second-order valence-corrected chi connectivity index (χ2v) is 6.64. The van der Waals surface area contributed by atoms with Crippen LogP contribution >= 0.6 is 0 Å². The molecule has 0 radical (unpaired) electrons. The van der Waals surface area contributed by atoms with Gasteiger partial charge in [-0.3, -0.25) is 4.79 Å². The lowest BCUT2D eigenvalue weighted by Crippen LogP contribution is -2.26. The molecule has 0 spiro atoms. The molecule has 1 aromatic carbocycles. The number of benzene rings is 1. The molecule has 1 aromatic heterocycles. The summed E-state index contributed by atoms with van der Waals surface area (Å²) in [6, 6.07) is 6.50. The van der Waals surface area contributed by atoms with Gasteiger partial charge in [0.15, 0.2) is 0 Å². The van der Waals surface area contributed by atoms with Crippen LogP contribution in [0.4, 0.5) is 0 Å². The molecule has 8 heteroatoms. The molecule has 2 rings (SSSR count). The molecule has 21 heavy (non-hydrogen) atoms. The van der Waals surface area contributed by atoms with E-state index in [0.717, 1.165) is 11.8 Å². The van der Waals surface area contributed by atoms with E-state index in [1.54, 1.807) is 25.1 Å². The van der Waals surface area contributed by atoms with E-state index in [1.165, 1.54) is 0 Å². The molecule has 0 fully saturated rings. The van der Waals surface area contributed by atoms with Gasteiger partial charge < -0.3 is 9.73 Å². The fraction of sp³-hybridized carbons (Fsp3) is 0.308. The van der Waals surface area contributed by atoms with Crippen LogP contribution in [0.1, 0.15) is 34.8 Å². The van der Waals surface area contributed by atoms with Crippen LogP contribution in [0.2, 0.25) is 0 Å². The zero-order valence-corrected chi connectivity index (χ0v) is 12.6. The number of rotatable bonds is 4.